The van der Waals surface area contributed by atoms with Crippen LogP contribution in [0.2, 0.25) is 0 Å². The molecule has 4 rings (SSSR count). The Morgan fingerprint density at radius 2 is 2.04 bits per heavy atom. The number of ether oxygens (including phenoxy) is 1. The summed E-state index contributed by atoms with van der Waals surface area (Å²) < 4.78 is 12.6. The zero-order valence-electron chi connectivity index (χ0n) is 13.5. The van der Waals surface area contributed by atoms with Gasteiger partial charge in [0.05, 0.1) is 23.9 Å². The van der Waals surface area contributed by atoms with Gasteiger partial charge in [0.1, 0.15) is 18.1 Å². The first-order valence-corrected chi connectivity index (χ1v) is 7.86. The molecule has 0 radical (unpaired) electrons. The molecule has 0 amide bonds. The summed E-state index contributed by atoms with van der Waals surface area (Å²) in [6, 6.07) is 10.9. The molecule has 0 saturated carbocycles. The third kappa shape index (κ3) is 2.83. The first-order valence-electron chi connectivity index (χ1n) is 7.86. The van der Waals surface area contributed by atoms with Crippen molar-refractivity contribution in [2.24, 2.45) is 5.73 Å². The van der Waals surface area contributed by atoms with Gasteiger partial charge in [-0.05, 0) is 31.2 Å². The molecule has 1 atom stereocenters. The fraction of sp³-hybridized carbons (Fsp3) is 0.176. The molecule has 2 N–H and O–H groups in total. The first kappa shape index (κ1) is 15.3. The highest BCUT2D eigenvalue weighted by atomic mass is 16.5. The number of hydrogen-bond acceptors (Lipinski definition) is 7. The third-order valence-electron chi connectivity index (χ3n) is 3.69. The monoisotopic (exact) mass is 336 g/mol. The molecule has 0 aliphatic heterocycles. The summed E-state index contributed by atoms with van der Waals surface area (Å²) in [6.45, 7) is 2.30. The largest absolute Gasteiger partial charge is 0.467 e. The molecular formula is C17H16N6O2. The second-order valence-corrected chi connectivity index (χ2v) is 5.31. The number of hydrogen-bond donors (Lipinski definition) is 1. The van der Waals surface area contributed by atoms with Crippen LogP contribution in [0.1, 0.15) is 24.6 Å². The maximum absolute atomic E-state index is 6.23. The third-order valence-corrected chi connectivity index (χ3v) is 3.69. The molecular weight excluding hydrogens is 320 g/mol. The molecule has 0 saturated heterocycles. The molecule has 3 aromatic heterocycles. The SMILES string of the molecule is CCOc1nc(C(N)c2ccco2)nc(-n2cnc3ccccc32)n1. The average molecular weight is 336 g/mol. The minimum absolute atomic E-state index is 0.210. The van der Waals surface area contributed by atoms with Gasteiger partial charge < -0.3 is 14.9 Å². The van der Waals surface area contributed by atoms with Gasteiger partial charge in [0.2, 0.25) is 5.95 Å². The topological polar surface area (TPSA) is 105 Å². The lowest BCUT2D eigenvalue weighted by Crippen LogP contribution is -2.18. The van der Waals surface area contributed by atoms with Gasteiger partial charge in [-0.15, -0.1) is 0 Å². The predicted molar refractivity (Wildman–Crippen MR) is 90.4 cm³/mol. The van der Waals surface area contributed by atoms with Crippen molar-refractivity contribution in [3.8, 4) is 12.0 Å². The van der Waals surface area contributed by atoms with Crippen LogP contribution in [0.5, 0.6) is 6.01 Å². The van der Waals surface area contributed by atoms with E-state index in [1.807, 2.05) is 31.2 Å². The summed E-state index contributed by atoms with van der Waals surface area (Å²) in [5, 5.41) is 0. The number of nitrogens with two attached hydrogens (primary N) is 1. The lowest BCUT2D eigenvalue weighted by Gasteiger charge is -2.11. The average Bonchev–Trinajstić information content (AvgIpc) is 3.31. The van der Waals surface area contributed by atoms with Crippen molar-refractivity contribution >= 4 is 11.0 Å². The van der Waals surface area contributed by atoms with E-state index in [4.69, 9.17) is 14.9 Å². The zero-order chi connectivity index (χ0) is 17.2. The zero-order valence-corrected chi connectivity index (χ0v) is 13.5. The highest BCUT2D eigenvalue weighted by Gasteiger charge is 2.19. The quantitative estimate of drug-likeness (QED) is 0.596. The van der Waals surface area contributed by atoms with E-state index in [0.29, 0.717) is 24.1 Å². The van der Waals surface area contributed by atoms with Crippen LogP contribution in [0, 0.1) is 0 Å². The van der Waals surface area contributed by atoms with Crippen molar-refractivity contribution in [2.75, 3.05) is 6.61 Å². The van der Waals surface area contributed by atoms with Crippen LogP contribution in [-0.2, 0) is 0 Å². The van der Waals surface area contributed by atoms with Crippen LogP contribution in [0.4, 0.5) is 0 Å². The molecule has 8 heteroatoms. The Balaban J connectivity index is 1.84. The summed E-state index contributed by atoms with van der Waals surface area (Å²) >= 11 is 0. The smallest absolute Gasteiger partial charge is 0.321 e. The number of furan rings is 1. The van der Waals surface area contributed by atoms with Gasteiger partial charge in [0, 0.05) is 0 Å². The van der Waals surface area contributed by atoms with Crippen LogP contribution in [0.25, 0.3) is 17.0 Å². The molecule has 8 nitrogen and oxygen atoms in total. The molecule has 126 valence electrons. The summed E-state index contributed by atoms with van der Waals surface area (Å²) in [5.41, 5.74) is 7.96. The Bertz CT molecular complexity index is 995. The van der Waals surface area contributed by atoms with Crippen molar-refractivity contribution in [1.29, 1.82) is 0 Å². The summed E-state index contributed by atoms with van der Waals surface area (Å²) in [5.74, 6) is 1.32. The Kier molecular flexibility index (Phi) is 3.87. The molecule has 4 aromatic rings. The molecule has 0 fully saturated rings. The normalized spacial score (nSPS) is 12.4. The standard InChI is InChI=1S/C17H16N6O2/c1-2-24-17-21-15(14(18)13-8-5-9-25-13)20-16(22-17)23-10-19-11-6-3-4-7-12(11)23/h3-10,14H,2,18H2,1H3. The van der Waals surface area contributed by atoms with Crippen molar-refractivity contribution in [3.63, 3.8) is 0 Å². The lowest BCUT2D eigenvalue weighted by atomic mass is 10.2. The Morgan fingerprint density at radius 1 is 1.16 bits per heavy atom. The van der Waals surface area contributed by atoms with Crippen molar-refractivity contribution < 1.29 is 9.15 Å². The number of benzene rings is 1. The number of nitrogens with zero attached hydrogens (tertiary/aromatic N) is 5. The highest BCUT2D eigenvalue weighted by molar-refractivity contribution is 5.76. The van der Waals surface area contributed by atoms with Crippen LogP contribution in [0.15, 0.2) is 53.4 Å². The van der Waals surface area contributed by atoms with E-state index in [2.05, 4.69) is 19.9 Å². The molecule has 1 aromatic carbocycles. The number of fused-ring (bicyclic) bond motifs is 1. The lowest BCUT2D eigenvalue weighted by molar-refractivity contribution is 0.308. The van der Waals surface area contributed by atoms with E-state index < -0.39 is 6.04 Å². The van der Waals surface area contributed by atoms with E-state index in [1.54, 1.807) is 29.3 Å². The molecule has 0 aliphatic rings. The van der Waals surface area contributed by atoms with Crippen molar-refractivity contribution in [2.45, 2.75) is 13.0 Å². The van der Waals surface area contributed by atoms with E-state index in [9.17, 15) is 0 Å². The minimum atomic E-state index is -0.620. The highest BCUT2D eigenvalue weighted by Crippen LogP contribution is 2.21. The maximum atomic E-state index is 6.23. The predicted octanol–water partition coefficient (Wildman–Crippen LogP) is 2.25. The van der Waals surface area contributed by atoms with Gasteiger partial charge in [0.25, 0.3) is 0 Å². The summed E-state index contributed by atoms with van der Waals surface area (Å²) in [7, 11) is 0. The van der Waals surface area contributed by atoms with E-state index in [0.717, 1.165) is 11.0 Å². The van der Waals surface area contributed by atoms with Crippen LogP contribution < -0.4 is 10.5 Å². The van der Waals surface area contributed by atoms with Gasteiger partial charge >= 0.3 is 6.01 Å². The Labute approximate surface area is 143 Å². The summed E-state index contributed by atoms with van der Waals surface area (Å²) in [4.78, 5) is 17.5. The molecule has 0 spiro atoms. The number of para-hydroxylation sites is 2. The van der Waals surface area contributed by atoms with Crippen molar-refractivity contribution in [1.82, 2.24) is 24.5 Å². The van der Waals surface area contributed by atoms with E-state index in [1.165, 1.54) is 0 Å². The Morgan fingerprint density at radius 3 is 2.84 bits per heavy atom. The van der Waals surface area contributed by atoms with Crippen LogP contribution in [-0.4, -0.2) is 31.1 Å². The minimum Gasteiger partial charge on any atom is -0.467 e. The maximum Gasteiger partial charge on any atom is 0.321 e. The van der Waals surface area contributed by atoms with Crippen molar-refractivity contribution in [3.05, 3.63) is 60.6 Å². The van der Waals surface area contributed by atoms with E-state index >= 15 is 0 Å². The molecule has 1 unspecified atom stereocenters. The Hall–Kier alpha value is -3.26. The summed E-state index contributed by atoms with van der Waals surface area (Å²) in [6.07, 6.45) is 3.22. The molecule has 25 heavy (non-hydrogen) atoms. The number of rotatable bonds is 5. The van der Waals surface area contributed by atoms with Gasteiger partial charge in [-0.2, -0.15) is 15.0 Å². The van der Waals surface area contributed by atoms with Gasteiger partial charge in [-0.25, -0.2) is 4.98 Å². The second-order valence-electron chi connectivity index (χ2n) is 5.31. The molecule has 0 bridgehead atoms. The number of aromatic nitrogens is 5. The fourth-order valence-electron chi connectivity index (χ4n) is 2.52. The fourth-order valence-corrected chi connectivity index (χ4v) is 2.52. The van der Waals surface area contributed by atoms with Gasteiger partial charge in [-0.3, -0.25) is 4.57 Å². The second kappa shape index (κ2) is 6.33. The van der Waals surface area contributed by atoms with Crippen LogP contribution in [0.3, 0.4) is 0 Å². The van der Waals surface area contributed by atoms with E-state index in [-0.39, 0.29) is 6.01 Å². The molecule has 3 heterocycles. The number of imidazole rings is 1. The van der Waals surface area contributed by atoms with Gasteiger partial charge in [0.15, 0.2) is 5.82 Å². The molecule has 0 aliphatic carbocycles. The first-order chi connectivity index (χ1) is 12.3. The van der Waals surface area contributed by atoms with Crippen LogP contribution >= 0.6 is 0 Å². The van der Waals surface area contributed by atoms with Gasteiger partial charge in [-0.1, -0.05) is 12.1 Å².